The Morgan fingerprint density at radius 3 is 2.52 bits per heavy atom. The van der Waals surface area contributed by atoms with Crippen molar-refractivity contribution in [2.24, 2.45) is 0 Å². The summed E-state index contributed by atoms with van der Waals surface area (Å²) in [6.07, 6.45) is 0.530. The molecule has 3 aromatic rings. The normalized spacial score (nSPS) is 20.7. The second-order valence-electron chi connectivity index (χ2n) is 8.09. The van der Waals surface area contributed by atoms with Gasteiger partial charge < -0.3 is 10.6 Å². The molecule has 0 radical (unpaired) electrons. The zero-order chi connectivity index (χ0) is 23.6. The highest BCUT2D eigenvalue weighted by molar-refractivity contribution is 6.30. The fraction of sp³-hybridized carbons (Fsp3) is 0.192. The predicted molar refractivity (Wildman–Crippen MR) is 124 cm³/mol. The highest BCUT2D eigenvalue weighted by Gasteiger charge is 2.55. The van der Waals surface area contributed by atoms with Crippen LogP contribution < -0.4 is 10.6 Å². The molecule has 166 valence electrons. The molecule has 2 N–H and O–H groups in total. The number of amides is 2. The molecule has 0 unspecified atom stereocenters. The first-order valence-electron chi connectivity index (χ1n) is 10.5. The molecule has 1 spiro atoms. The van der Waals surface area contributed by atoms with Crippen LogP contribution in [0, 0.1) is 24.1 Å². The standard InChI is InChI=1S/C20H16FN3O2.C6H5Cl/c1-11-2-4-13(21)9-14(11)18-20(7-6-17(25)24-18)15-5-3-12(10-22)8-16(15)23-19(20)26;7-6-4-2-1-3-5-6/h2-5,8-9,18H,6-7H2,1H3,(H,23,26)(H,24,25);1-5H/t18-,20-;/m1./s1. The van der Waals surface area contributed by atoms with Crippen LogP contribution in [0.25, 0.3) is 0 Å². The Morgan fingerprint density at radius 1 is 1.09 bits per heavy atom. The maximum absolute atomic E-state index is 13.9. The molecule has 3 aromatic carbocycles. The zero-order valence-corrected chi connectivity index (χ0v) is 18.6. The van der Waals surface area contributed by atoms with E-state index in [4.69, 9.17) is 16.9 Å². The van der Waals surface area contributed by atoms with Crippen molar-refractivity contribution < 1.29 is 14.0 Å². The van der Waals surface area contributed by atoms with E-state index < -0.39 is 17.3 Å². The van der Waals surface area contributed by atoms with Gasteiger partial charge in [0.25, 0.3) is 0 Å². The first-order valence-corrected chi connectivity index (χ1v) is 10.8. The molecule has 2 aliphatic rings. The average Bonchev–Trinajstić information content (AvgIpc) is 3.09. The van der Waals surface area contributed by atoms with Crippen LogP contribution in [0.2, 0.25) is 5.02 Å². The van der Waals surface area contributed by atoms with Crippen molar-refractivity contribution in [2.45, 2.75) is 31.2 Å². The van der Waals surface area contributed by atoms with Crippen LogP contribution in [0.3, 0.4) is 0 Å². The van der Waals surface area contributed by atoms with E-state index in [1.54, 1.807) is 24.3 Å². The summed E-state index contributed by atoms with van der Waals surface area (Å²) in [5, 5.41) is 15.6. The molecule has 1 saturated heterocycles. The van der Waals surface area contributed by atoms with Crippen molar-refractivity contribution in [3.8, 4) is 6.07 Å². The molecular weight excluding hydrogens is 441 g/mol. The van der Waals surface area contributed by atoms with Crippen molar-refractivity contribution >= 4 is 29.1 Å². The largest absolute Gasteiger partial charge is 0.348 e. The Balaban J connectivity index is 0.000000318. The van der Waals surface area contributed by atoms with E-state index in [1.165, 1.54) is 12.1 Å². The van der Waals surface area contributed by atoms with Crippen LogP contribution in [-0.4, -0.2) is 11.8 Å². The molecule has 7 heteroatoms. The quantitative estimate of drug-likeness (QED) is 0.523. The third-order valence-corrected chi connectivity index (χ3v) is 6.36. The van der Waals surface area contributed by atoms with E-state index in [0.717, 1.165) is 16.1 Å². The highest BCUT2D eigenvalue weighted by Crippen LogP contribution is 2.51. The number of fused-ring (bicyclic) bond motifs is 2. The number of carbonyl (C=O) groups is 2. The molecule has 5 rings (SSSR count). The van der Waals surface area contributed by atoms with Gasteiger partial charge >= 0.3 is 0 Å². The molecule has 5 nitrogen and oxygen atoms in total. The fourth-order valence-corrected chi connectivity index (χ4v) is 4.63. The Kier molecular flexibility index (Phi) is 6.17. The van der Waals surface area contributed by atoms with Crippen LogP contribution >= 0.6 is 11.6 Å². The Labute approximate surface area is 196 Å². The van der Waals surface area contributed by atoms with Crippen molar-refractivity contribution in [1.82, 2.24) is 5.32 Å². The van der Waals surface area contributed by atoms with Gasteiger partial charge in [-0.1, -0.05) is 41.9 Å². The van der Waals surface area contributed by atoms with Crippen molar-refractivity contribution in [3.05, 3.63) is 99.8 Å². The van der Waals surface area contributed by atoms with E-state index in [0.29, 0.717) is 23.2 Å². The average molecular weight is 462 g/mol. The number of nitrogens with one attached hydrogen (secondary N) is 2. The number of anilines is 1. The molecule has 2 atom stereocenters. The van der Waals surface area contributed by atoms with Gasteiger partial charge in [0.1, 0.15) is 11.2 Å². The number of halogens is 2. The number of hydrogen-bond acceptors (Lipinski definition) is 3. The van der Waals surface area contributed by atoms with E-state index in [-0.39, 0.29) is 18.2 Å². The summed E-state index contributed by atoms with van der Waals surface area (Å²) < 4.78 is 13.9. The minimum Gasteiger partial charge on any atom is -0.348 e. The number of rotatable bonds is 1. The number of benzene rings is 3. The molecule has 2 heterocycles. The smallest absolute Gasteiger partial charge is 0.237 e. The van der Waals surface area contributed by atoms with Crippen molar-refractivity contribution in [1.29, 1.82) is 5.26 Å². The fourth-order valence-electron chi connectivity index (χ4n) is 4.49. The SMILES string of the molecule is Cc1ccc(F)cc1[C@H]1NC(=O)CC[C@]12C(=O)Nc1cc(C#N)ccc12.Clc1ccccc1. The lowest BCUT2D eigenvalue weighted by atomic mass is 9.67. The number of nitrogens with zero attached hydrogens (tertiary/aromatic N) is 1. The number of hydrogen-bond donors (Lipinski definition) is 2. The first kappa shape index (κ1) is 22.5. The lowest BCUT2D eigenvalue weighted by Crippen LogP contribution is -2.52. The van der Waals surface area contributed by atoms with Gasteiger partial charge in [-0.15, -0.1) is 0 Å². The maximum atomic E-state index is 13.9. The van der Waals surface area contributed by atoms with E-state index in [2.05, 4.69) is 16.7 Å². The zero-order valence-electron chi connectivity index (χ0n) is 17.9. The molecule has 0 saturated carbocycles. The van der Waals surface area contributed by atoms with Crippen LogP contribution in [0.4, 0.5) is 10.1 Å². The lowest BCUT2D eigenvalue weighted by Gasteiger charge is -2.41. The third-order valence-electron chi connectivity index (χ3n) is 6.11. The van der Waals surface area contributed by atoms with Gasteiger partial charge in [0.15, 0.2) is 0 Å². The Bertz CT molecular complexity index is 1270. The van der Waals surface area contributed by atoms with Crippen LogP contribution in [0.1, 0.15) is 41.1 Å². The van der Waals surface area contributed by atoms with E-state index >= 15 is 0 Å². The first-order chi connectivity index (χ1) is 15.8. The van der Waals surface area contributed by atoms with Crippen LogP contribution in [0.5, 0.6) is 0 Å². The minimum absolute atomic E-state index is 0.167. The van der Waals surface area contributed by atoms with Gasteiger partial charge in [0.05, 0.1) is 17.7 Å². The summed E-state index contributed by atoms with van der Waals surface area (Å²) in [6.45, 7) is 1.83. The lowest BCUT2D eigenvalue weighted by molar-refractivity contribution is -0.130. The predicted octanol–water partition coefficient (Wildman–Crippen LogP) is 5.19. The number of nitriles is 1. The molecule has 1 fully saturated rings. The van der Waals surface area contributed by atoms with E-state index in [1.807, 2.05) is 37.3 Å². The minimum atomic E-state index is -1.02. The number of aryl methyl sites for hydroxylation is 1. The molecular formula is C26H21ClFN3O2. The van der Waals surface area contributed by atoms with Crippen LogP contribution in [0.15, 0.2) is 66.7 Å². The monoisotopic (exact) mass is 461 g/mol. The Morgan fingerprint density at radius 2 is 1.85 bits per heavy atom. The summed E-state index contributed by atoms with van der Waals surface area (Å²) in [5.74, 6) is -0.825. The van der Waals surface area contributed by atoms with Gasteiger partial charge in [-0.05, 0) is 66.4 Å². The number of carbonyl (C=O) groups excluding carboxylic acids is 2. The molecule has 2 amide bonds. The summed E-state index contributed by atoms with van der Waals surface area (Å²) in [6, 6.07) is 20.3. The van der Waals surface area contributed by atoms with Gasteiger partial charge in [0, 0.05) is 17.1 Å². The molecule has 2 aliphatic heterocycles. The summed E-state index contributed by atoms with van der Waals surface area (Å²) in [7, 11) is 0. The summed E-state index contributed by atoms with van der Waals surface area (Å²) in [4.78, 5) is 25.2. The summed E-state index contributed by atoms with van der Waals surface area (Å²) in [5.41, 5.74) is 2.12. The maximum Gasteiger partial charge on any atom is 0.237 e. The molecule has 33 heavy (non-hydrogen) atoms. The number of piperidine rings is 1. The summed E-state index contributed by atoms with van der Waals surface area (Å²) >= 11 is 5.54. The van der Waals surface area contributed by atoms with Crippen molar-refractivity contribution in [2.75, 3.05) is 5.32 Å². The van der Waals surface area contributed by atoms with Gasteiger partial charge in [0.2, 0.25) is 11.8 Å². The molecule has 0 aromatic heterocycles. The van der Waals surface area contributed by atoms with Crippen molar-refractivity contribution in [3.63, 3.8) is 0 Å². The van der Waals surface area contributed by atoms with Crippen LogP contribution in [-0.2, 0) is 15.0 Å². The second-order valence-corrected chi connectivity index (χ2v) is 8.53. The van der Waals surface area contributed by atoms with Gasteiger partial charge in [-0.3, -0.25) is 9.59 Å². The third kappa shape index (κ3) is 4.20. The highest BCUT2D eigenvalue weighted by atomic mass is 35.5. The molecule has 0 aliphatic carbocycles. The van der Waals surface area contributed by atoms with Gasteiger partial charge in [-0.2, -0.15) is 5.26 Å². The van der Waals surface area contributed by atoms with Gasteiger partial charge in [-0.25, -0.2) is 4.39 Å². The van der Waals surface area contributed by atoms with E-state index in [9.17, 15) is 14.0 Å². The Hall–Kier alpha value is -3.69. The topological polar surface area (TPSA) is 82.0 Å². The molecule has 0 bridgehead atoms. The second kappa shape index (κ2) is 9.05.